The van der Waals surface area contributed by atoms with Crippen LogP contribution in [0, 0.1) is 0 Å². The Morgan fingerprint density at radius 1 is 1.19 bits per heavy atom. The van der Waals surface area contributed by atoms with Crippen LogP contribution in [-0.2, 0) is 4.79 Å². The van der Waals surface area contributed by atoms with E-state index in [9.17, 15) is 4.79 Å². The van der Waals surface area contributed by atoms with Crippen molar-refractivity contribution in [3.63, 3.8) is 0 Å². The number of benzene rings is 1. The number of anilines is 2. The molecule has 0 spiro atoms. The second-order valence-corrected chi connectivity index (χ2v) is 7.29. The van der Waals surface area contributed by atoms with Gasteiger partial charge in [0.15, 0.2) is 17.3 Å². The topological polar surface area (TPSA) is 97.5 Å². The van der Waals surface area contributed by atoms with Gasteiger partial charge in [-0.1, -0.05) is 11.6 Å². The van der Waals surface area contributed by atoms with Crippen LogP contribution in [0.15, 0.2) is 29.8 Å². The van der Waals surface area contributed by atoms with E-state index in [-0.39, 0.29) is 18.5 Å². The van der Waals surface area contributed by atoms with E-state index in [0.29, 0.717) is 37.0 Å². The molecule has 0 aliphatic carbocycles. The third-order valence-corrected chi connectivity index (χ3v) is 5.28. The van der Waals surface area contributed by atoms with E-state index in [1.54, 1.807) is 34.7 Å². The van der Waals surface area contributed by atoms with E-state index >= 15 is 0 Å². The van der Waals surface area contributed by atoms with Crippen LogP contribution in [0.5, 0.6) is 5.75 Å². The molecule has 1 aliphatic heterocycles. The van der Waals surface area contributed by atoms with E-state index in [1.807, 2.05) is 0 Å². The Labute approximate surface area is 164 Å². The molecule has 1 aliphatic rings. The minimum Gasteiger partial charge on any atom is -0.484 e. The van der Waals surface area contributed by atoms with E-state index in [4.69, 9.17) is 22.1 Å². The summed E-state index contributed by atoms with van der Waals surface area (Å²) < 4.78 is 5.54. The lowest BCUT2D eigenvalue weighted by Crippen LogP contribution is -2.50. The number of nitrogen functional groups attached to an aromatic ring is 1. The van der Waals surface area contributed by atoms with Crippen molar-refractivity contribution >= 4 is 51.0 Å². The predicted octanol–water partition coefficient (Wildman–Crippen LogP) is 2.05. The SMILES string of the molecule is Nc1nc(N2CCN(C(=O)COc3ccc(Cl)cc3)CC2)c2ncsc2n1. The number of rotatable bonds is 4. The van der Waals surface area contributed by atoms with Crippen molar-refractivity contribution in [2.75, 3.05) is 43.4 Å². The minimum atomic E-state index is -0.0504. The van der Waals surface area contributed by atoms with E-state index in [2.05, 4.69) is 19.9 Å². The van der Waals surface area contributed by atoms with Crippen LogP contribution in [0.4, 0.5) is 11.8 Å². The summed E-state index contributed by atoms with van der Waals surface area (Å²) in [7, 11) is 0. The van der Waals surface area contributed by atoms with Gasteiger partial charge in [0.2, 0.25) is 5.95 Å². The summed E-state index contributed by atoms with van der Waals surface area (Å²) in [4.78, 5) is 29.9. The van der Waals surface area contributed by atoms with Crippen LogP contribution in [0.3, 0.4) is 0 Å². The highest BCUT2D eigenvalue weighted by Crippen LogP contribution is 2.26. The summed E-state index contributed by atoms with van der Waals surface area (Å²) in [5.41, 5.74) is 8.29. The van der Waals surface area contributed by atoms with Gasteiger partial charge in [-0.3, -0.25) is 4.79 Å². The Kier molecular flexibility index (Phi) is 4.95. The maximum Gasteiger partial charge on any atom is 0.260 e. The van der Waals surface area contributed by atoms with Gasteiger partial charge in [-0.05, 0) is 24.3 Å². The monoisotopic (exact) mass is 404 g/mol. The Morgan fingerprint density at radius 2 is 1.93 bits per heavy atom. The van der Waals surface area contributed by atoms with E-state index in [0.717, 1.165) is 16.2 Å². The quantitative estimate of drug-likeness (QED) is 0.710. The number of ether oxygens (including phenoxy) is 1. The van der Waals surface area contributed by atoms with Crippen molar-refractivity contribution in [2.45, 2.75) is 0 Å². The number of hydrogen-bond acceptors (Lipinski definition) is 8. The molecule has 2 N–H and O–H groups in total. The third kappa shape index (κ3) is 3.88. The fraction of sp³-hybridized carbons (Fsp3) is 0.294. The van der Waals surface area contributed by atoms with Gasteiger partial charge in [-0.25, -0.2) is 9.97 Å². The zero-order valence-corrected chi connectivity index (χ0v) is 15.9. The van der Waals surface area contributed by atoms with Crippen LogP contribution in [-0.4, -0.2) is 58.5 Å². The molecule has 27 heavy (non-hydrogen) atoms. The van der Waals surface area contributed by atoms with Gasteiger partial charge in [0, 0.05) is 31.2 Å². The van der Waals surface area contributed by atoms with Gasteiger partial charge < -0.3 is 20.3 Å². The number of aromatic nitrogens is 3. The normalized spacial score (nSPS) is 14.6. The van der Waals surface area contributed by atoms with Gasteiger partial charge in [0.05, 0.1) is 5.51 Å². The Morgan fingerprint density at radius 3 is 2.67 bits per heavy atom. The second kappa shape index (κ2) is 7.53. The van der Waals surface area contributed by atoms with Crippen LogP contribution >= 0.6 is 22.9 Å². The number of thiazole rings is 1. The number of amides is 1. The Balaban J connectivity index is 1.36. The van der Waals surface area contributed by atoms with Crippen LogP contribution < -0.4 is 15.4 Å². The first kappa shape index (κ1) is 17.7. The fourth-order valence-electron chi connectivity index (χ4n) is 2.92. The molecule has 0 atom stereocenters. The van der Waals surface area contributed by atoms with E-state index < -0.39 is 0 Å². The average molecular weight is 405 g/mol. The summed E-state index contributed by atoms with van der Waals surface area (Å²) in [6.07, 6.45) is 0. The standard InChI is InChI=1S/C17H17ClN6O2S/c18-11-1-3-12(4-2-11)26-9-13(25)23-5-7-24(8-6-23)15-14-16(27-10-20-14)22-17(19)21-15/h1-4,10H,5-9H2,(H2,19,21,22). The van der Waals surface area contributed by atoms with Gasteiger partial charge in [-0.2, -0.15) is 4.98 Å². The van der Waals surface area contributed by atoms with Crippen molar-refractivity contribution in [3.8, 4) is 5.75 Å². The second-order valence-electron chi connectivity index (χ2n) is 6.02. The van der Waals surface area contributed by atoms with Crippen molar-refractivity contribution in [3.05, 3.63) is 34.8 Å². The molecule has 0 saturated carbocycles. The number of piperazine rings is 1. The highest BCUT2D eigenvalue weighted by Gasteiger charge is 2.24. The van der Waals surface area contributed by atoms with Gasteiger partial charge in [-0.15, -0.1) is 11.3 Å². The number of hydrogen-bond donors (Lipinski definition) is 1. The molecule has 0 radical (unpaired) electrons. The summed E-state index contributed by atoms with van der Waals surface area (Å²) in [6.45, 7) is 2.46. The molecule has 2 aromatic heterocycles. The first-order chi connectivity index (χ1) is 13.1. The lowest BCUT2D eigenvalue weighted by molar-refractivity contribution is -0.133. The lowest BCUT2D eigenvalue weighted by Gasteiger charge is -2.35. The van der Waals surface area contributed by atoms with Crippen LogP contribution in [0.25, 0.3) is 10.3 Å². The molecule has 1 fully saturated rings. The first-order valence-electron chi connectivity index (χ1n) is 8.38. The summed E-state index contributed by atoms with van der Waals surface area (Å²) >= 11 is 7.28. The first-order valence-corrected chi connectivity index (χ1v) is 9.64. The highest BCUT2D eigenvalue weighted by atomic mass is 35.5. The van der Waals surface area contributed by atoms with Crippen LogP contribution in [0.2, 0.25) is 5.02 Å². The maximum atomic E-state index is 12.4. The van der Waals surface area contributed by atoms with Gasteiger partial charge >= 0.3 is 0 Å². The molecule has 8 nitrogen and oxygen atoms in total. The molecular formula is C17H17ClN6O2S. The van der Waals surface area contributed by atoms with Crippen molar-refractivity contribution in [1.29, 1.82) is 0 Å². The lowest BCUT2D eigenvalue weighted by atomic mass is 10.3. The molecule has 3 heterocycles. The van der Waals surface area contributed by atoms with Crippen LogP contribution in [0.1, 0.15) is 0 Å². The molecule has 140 valence electrons. The molecule has 0 unspecified atom stereocenters. The smallest absolute Gasteiger partial charge is 0.260 e. The van der Waals surface area contributed by atoms with Gasteiger partial charge in [0.1, 0.15) is 11.3 Å². The minimum absolute atomic E-state index is 0.00157. The zero-order chi connectivity index (χ0) is 18.8. The number of carbonyl (C=O) groups excluding carboxylic acids is 1. The average Bonchev–Trinajstić information content (AvgIpc) is 3.15. The molecule has 1 saturated heterocycles. The zero-order valence-electron chi connectivity index (χ0n) is 14.3. The number of nitrogens with two attached hydrogens (primary N) is 1. The largest absolute Gasteiger partial charge is 0.484 e. The molecule has 1 amide bonds. The predicted molar refractivity (Wildman–Crippen MR) is 105 cm³/mol. The van der Waals surface area contributed by atoms with Crippen molar-refractivity contribution < 1.29 is 9.53 Å². The van der Waals surface area contributed by atoms with Crippen molar-refractivity contribution in [1.82, 2.24) is 19.9 Å². The highest BCUT2D eigenvalue weighted by molar-refractivity contribution is 7.16. The molecule has 10 heteroatoms. The molecule has 4 rings (SSSR count). The fourth-order valence-corrected chi connectivity index (χ4v) is 3.70. The number of fused-ring (bicyclic) bond motifs is 1. The number of halogens is 1. The van der Waals surface area contributed by atoms with Gasteiger partial charge in [0.25, 0.3) is 5.91 Å². The molecule has 0 bridgehead atoms. The molecule has 3 aromatic rings. The third-order valence-electron chi connectivity index (χ3n) is 4.30. The summed E-state index contributed by atoms with van der Waals surface area (Å²) in [5.74, 6) is 1.53. The molecule has 1 aromatic carbocycles. The van der Waals surface area contributed by atoms with E-state index in [1.165, 1.54) is 11.3 Å². The Hall–Kier alpha value is -2.65. The summed E-state index contributed by atoms with van der Waals surface area (Å²) in [6, 6.07) is 6.94. The Bertz CT molecular complexity index is 956. The summed E-state index contributed by atoms with van der Waals surface area (Å²) in [5, 5.41) is 0.629. The molecular weight excluding hydrogens is 388 g/mol. The maximum absolute atomic E-state index is 12.4. The number of carbonyl (C=O) groups is 1. The van der Waals surface area contributed by atoms with Crippen molar-refractivity contribution in [2.24, 2.45) is 0 Å². The number of nitrogens with zero attached hydrogens (tertiary/aromatic N) is 5.